The Morgan fingerprint density at radius 2 is 2.00 bits per heavy atom. The van der Waals surface area contributed by atoms with Crippen LogP contribution in [0, 0.1) is 11.8 Å². The zero-order chi connectivity index (χ0) is 10.6. The lowest BCUT2D eigenvalue weighted by Gasteiger charge is -2.09. The summed E-state index contributed by atoms with van der Waals surface area (Å²) in [7, 11) is 0. The first-order valence-corrected chi connectivity index (χ1v) is 5.22. The molecule has 0 radical (unpaired) electrons. The molecule has 0 aromatic rings. The SMILES string of the molecule is CCCNC(=O)C1CCC(C(N)=O)C1. The molecule has 3 N–H and O–H groups in total. The van der Waals surface area contributed by atoms with Crippen LogP contribution in [0.3, 0.4) is 0 Å². The molecule has 4 heteroatoms. The Hall–Kier alpha value is -1.06. The molecule has 2 unspecified atom stereocenters. The highest BCUT2D eigenvalue weighted by Gasteiger charge is 2.32. The van der Waals surface area contributed by atoms with Crippen LogP contribution < -0.4 is 11.1 Å². The van der Waals surface area contributed by atoms with Crippen molar-refractivity contribution in [1.29, 1.82) is 0 Å². The number of amides is 2. The summed E-state index contributed by atoms with van der Waals surface area (Å²) in [6, 6.07) is 0. The van der Waals surface area contributed by atoms with E-state index in [1.165, 1.54) is 0 Å². The monoisotopic (exact) mass is 198 g/mol. The van der Waals surface area contributed by atoms with E-state index in [9.17, 15) is 9.59 Å². The van der Waals surface area contributed by atoms with Gasteiger partial charge in [0.15, 0.2) is 0 Å². The molecular weight excluding hydrogens is 180 g/mol. The van der Waals surface area contributed by atoms with Gasteiger partial charge in [0.2, 0.25) is 11.8 Å². The predicted octanol–water partition coefficient (Wildman–Crippen LogP) is 0.414. The number of carbonyl (C=O) groups excluding carboxylic acids is 2. The minimum Gasteiger partial charge on any atom is -0.369 e. The van der Waals surface area contributed by atoms with Gasteiger partial charge in [-0.3, -0.25) is 9.59 Å². The smallest absolute Gasteiger partial charge is 0.223 e. The van der Waals surface area contributed by atoms with Gasteiger partial charge in [-0.05, 0) is 25.7 Å². The molecule has 4 nitrogen and oxygen atoms in total. The second-order valence-electron chi connectivity index (χ2n) is 3.90. The van der Waals surface area contributed by atoms with Crippen molar-refractivity contribution in [1.82, 2.24) is 5.32 Å². The van der Waals surface area contributed by atoms with Gasteiger partial charge in [0.1, 0.15) is 0 Å². The molecule has 1 fully saturated rings. The van der Waals surface area contributed by atoms with Crippen molar-refractivity contribution in [2.75, 3.05) is 6.54 Å². The topological polar surface area (TPSA) is 72.2 Å². The minimum absolute atomic E-state index is 0.000880. The molecule has 1 aliphatic carbocycles. The molecule has 80 valence electrons. The Labute approximate surface area is 84.2 Å². The van der Waals surface area contributed by atoms with Crippen molar-refractivity contribution in [3.8, 4) is 0 Å². The molecule has 1 aliphatic rings. The van der Waals surface area contributed by atoms with Gasteiger partial charge in [-0.1, -0.05) is 6.92 Å². The van der Waals surface area contributed by atoms with Crippen molar-refractivity contribution in [3.05, 3.63) is 0 Å². The second-order valence-corrected chi connectivity index (χ2v) is 3.90. The van der Waals surface area contributed by atoms with Gasteiger partial charge in [-0.2, -0.15) is 0 Å². The average molecular weight is 198 g/mol. The van der Waals surface area contributed by atoms with Crippen LogP contribution in [-0.2, 0) is 9.59 Å². The Bertz CT molecular complexity index is 228. The number of nitrogens with one attached hydrogen (secondary N) is 1. The minimum atomic E-state index is -0.268. The van der Waals surface area contributed by atoms with E-state index in [1.807, 2.05) is 6.92 Å². The van der Waals surface area contributed by atoms with Crippen molar-refractivity contribution in [2.24, 2.45) is 17.6 Å². The summed E-state index contributed by atoms with van der Waals surface area (Å²) in [6.07, 6.45) is 3.13. The lowest BCUT2D eigenvalue weighted by molar-refractivity contribution is -0.125. The maximum absolute atomic E-state index is 11.5. The number of hydrogen-bond acceptors (Lipinski definition) is 2. The van der Waals surface area contributed by atoms with Crippen LogP contribution in [0.25, 0.3) is 0 Å². The highest BCUT2D eigenvalue weighted by molar-refractivity contribution is 5.82. The normalized spacial score (nSPS) is 26.1. The quantitative estimate of drug-likeness (QED) is 0.687. The van der Waals surface area contributed by atoms with Crippen LogP contribution in [-0.4, -0.2) is 18.4 Å². The van der Waals surface area contributed by atoms with Crippen LogP contribution in [0.5, 0.6) is 0 Å². The summed E-state index contributed by atoms with van der Waals surface area (Å²) in [4.78, 5) is 22.4. The Kier molecular flexibility index (Phi) is 3.92. The van der Waals surface area contributed by atoms with E-state index in [2.05, 4.69) is 5.32 Å². The fourth-order valence-electron chi connectivity index (χ4n) is 1.87. The first-order chi connectivity index (χ1) is 6.65. The molecule has 0 spiro atoms. The molecule has 0 saturated heterocycles. The number of rotatable bonds is 4. The molecule has 1 saturated carbocycles. The Balaban J connectivity index is 2.34. The summed E-state index contributed by atoms with van der Waals surface area (Å²) in [5.41, 5.74) is 5.19. The zero-order valence-electron chi connectivity index (χ0n) is 8.58. The summed E-state index contributed by atoms with van der Waals surface area (Å²) < 4.78 is 0. The molecule has 1 rings (SSSR count). The molecule has 2 atom stereocenters. The van der Waals surface area contributed by atoms with Gasteiger partial charge in [0.25, 0.3) is 0 Å². The van der Waals surface area contributed by atoms with E-state index in [0.29, 0.717) is 6.42 Å². The van der Waals surface area contributed by atoms with Crippen LogP contribution in [0.1, 0.15) is 32.6 Å². The number of hydrogen-bond donors (Lipinski definition) is 2. The van der Waals surface area contributed by atoms with Gasteiger partial charge >= 0.3 is 0 Å². The average Bonchev–Trinajstić information content (AvgIpc) is 2.62. The van der Waals surface area contributed by atoms with Crippen molar-refractivity contribution >= 4 is 11.8 Å². The van der Waals surface area contributed by atoms with Gasteiger partial charge in [0, 0.05) is 18.4 Å². The molecule has 0 heterocycles. The molecule has 0 aromatic carbocycles. The van der Waals surface area contributed by atoms with Gasteiger partial charge in [0.05, 0.1) is 0 Å². The molecule has 14 heavy (non-hydrogen) atoms. The lowest BCUT2D eigenvalue weighted by Crippen LogP contribution is -2.30. The summed E-state index contributed by atoms with van der Waals surface area (Å²) in [5.74, 6) is -0.280. The first-order valence-electron chi connectivity index (χ1n) is 5.22. The van der Waals surface area contributed by atoms with E-state index in [0.717, 1.165) is 25.8 Å². The van der Waals surface area contributed by atoms with Crippen LogP contribution >= 0.6 is 0 Å². The molecular formula is C10H18N2O2. The largest absolute Gasteiger partial charge is 0.369 e. The lowest BCUT2D eigenvalue weighted by atomic mass is 10.0. The zero-order valence-corrected chi connectivity index (χ0v) is 8.58. The highest BCUT2D eigenvalue weighted by Crippen LogP contribution is 2.30. The Morgan fingerprint density at radius 3 is 2.50 bits per heavy atom. The number of carbonyl (C=O) groups is 2. The fourth-order valence-corrected chi connectivity index (χ4v) is 1.87. The van der Waals surface area contributed by atoms with Crippen molar-refractivity contribution < 1.29 is 9.59 Å². The van der Waals surface area contributed by atoms with Gasteiger partial charge < -0.3 is 11.1 Å². The standard InChI is InChI=1S/C10H18N2O2/c1-2-5-12-10(14)8-4-3-7(6-8)9(11)13/h7-8H,2-6H2,1H3,(H2,11,13)(H,12,14). The Morgan fingerprint density at radius 1 is 1.36 bits per heavy atom. The number of primary amides is 1. The second kappa shape index (κ2) is 4.98. The maximum atomic E-state index is 11.5. The maximum Gasteiger partial charge on any atom is 0.223 e. The van der Waals surface area contributed by atoms with E-state index < -0.39 is 0 Å². The molecule has 2 amide bonds. The van der Waals surface area contributed by atoms with Crippen molar-refractivity contribution in [2.45, 2.75) is 32.6 Å². The van der Waals surface area contributed by atoms with E-state index in [-0.39, 0.29) is 23.7 Å². The number of nitrogens with two attached hydrogens (primary N) is 1. The summed E-state index contributed by atoms with van der Waals surface area (Å²) >= 11 is 0. The predicted molar refractivity (Wildman–Crippen MR) is 53.3 cm³/mol. The van der Waals surface area contributed by atoms with E-state index >= 15 is 0 Å². The summed E-state index contributed by atoms with van der Waals surface area (Å²) in [5, 5.41) is 2.84. The fraction of sp³-hybridized carbons (Fsp3) is 0.800. The van der Waals surface area contributed by atoms with Crippen molar-refractivity contribution in [3.63, 3.8) is 0 Å². The highest BCUT2D eigenvalue weighted by atomic mass is 16.2. The van der Waals surface area contributed by atoms with Gasteiger partial charge in [-0.25, -0.2) is 0 Å². The third-order valence-corrected chi connectivity index (χ3v) is 2.76. The summed E-state index contributed by atoms with van der Waals surface area (Å²) in [6.45, 7) is 2.73. The van der Waals surface area contributed by atoms with E-state index in [4.69, 9.17) is 5.73 Å². The molecule has 0 bridgehead atoms. The first kappa shape index (κ1) is 11.0. The van der Waals surface area contributed by atoms with Gasteiger partial charge in [-0.15, -0.1) is 0 Å². The van der Waals surface area contributed by atoms with Crippen LogP contribution in [0.2, 0.25) is 0 Å². The molecule has 0 aliphatic heterocycles. The third-order valence-electron chi connectivity index (χ3n) is 2.76. The van der Waals surface area contributed by atoms with Crippen LogP contribution in [0.4, 0.5) is 0 Å². The third kappa shape index (κ3) is 2.72. The van der Waals surface area contributed by atoms with E-state index in [1.54, 1.807) is 0 Å². The molecule has 0 aromatic heterocycles. The van der Waals surface area contributed by atoms with Crippen LogP contribution in [0.15, 0.2) is 0 Å².